The molecule has 38 heavy (non-hydrogen) atoms. The third-order valence-corrected chi connectivity index (χ3v) is 7.76. The van der Waals surface area contributed by atoms with Gasteiger partial charge in [0.1, 0.15) is 0 Å². The summed E-state index contributed by atoms with van der Waals surface area (Å²) in [7, 11) is 0. The fourth-order valence-electron chi connectivity index (χ4n) is 6.11. The maximum Gasteiger partial charge on any atom is -0.00201 e. The maximum absolute atomic E-state index is 2.33. The number of benzene rings is 7. The van der Waals surface area contributed by atoms with Crippen LogP contribution in [0.4, 0.5) is 0 Å². The Labute approximate surface area is 223 Å². The molecule has 0 saturated carbocycles. The SMILES string of the molecule is Cc1cccc(-c2ccc(-c3c4ccccc4c(-c4cccc(C)c4)c4ccccc34)c3ccccc23)c1. The Morgan fingerprint density at radius 1 is 0.316 bits per heavy atom. The highest BCUT2D eigenvalue weighted by molar-refractivity contribution is 6.24. The molecule has 180 valence electrons. The van der Waals surface area contributed by atoms with E-state index in [0.29, 0.717) is 0 Å². The zero-order valence-corrected chi connectivity index (χ0v) is 21.7. The van der Waals surface area contributed by atoms with Crippen LogP contribution in [0.15, 0.2) is 133 Å². The van der Waals surface area contributed by atoms with Gasteiger partial charge in [0.15, 0.2) is 0 Å². The van der Waals surface area contributed by atoms with Crippen molar-refractivity contribution in [3.63, 3.8) is 0 Å². The molecule has 0 atom stereocenters. The van der Waals surface area contributed by atoms with Crippen molar-refractivity contribution in [3.05, 3.63) is 145 Å². The Morgan fingerprint density at radius 3 is 1.29 bits per heavy atom. The molecule has 0 amide bonds. The molecule has 0 saturated heterocycles. The fraction of sp³-hybridized carbons (Fsp3) is 0.0526. The molecule has 0 nitrogen and oxygen atoms in total. The first-order valence-corrected chi connectivity index (χ1v) is 13.3. The van der Waals surface area contributed by atoms with E-state index in [0.717, 1.165) is 0 Å². The van der Waals surface area contributed by atoms with Gasteiger partial charge in [0.05, 0.1) is 0 Å². The molecule has 7 aromatic carbocycles. The van der Waals surface area contributed by atoms with E-state index in [1.165, 1.54) is 76.8 Å². The molecular formula is C38H28. The van der Waals surface area contributed by atoms with Crippen molar-refractivity contribution in [1.82, 2.24) is 0 Å². The summed E-state index contributed by atoms with van der Waals surface area (Å²) in [6, 6.07) is 49.0. The fourth-order valence-corrected chi connectivity index (χ4v) is 6.11. The molecule has 7 aromatic rings. The Kier molecular flexibility index (Phi) is 5.34. The third-order valence-electron chi connectivity index (χ3n) is 7.76. The topological polar surface area (TPSA) is 0 Å². The summed E-state index contributed by atoms with van der Waals surface area (Å²) in [5.41, 5.74) is 10.2. The predicted molar refractivity (Wildman–Crippen MR) is 165 cm³/mol. The summed E-state index contributed by atoms with van der Waals surface area (Å²) in [5.74, 6) is 0. The second-order valence-electron chi connectivity index (χ2n) is 10.3. The minimum Gasteiger partial charge on any atom is -0.0616 e. The maximum atomic E-state index is 2.33. The third kappa shape index (κ3) is 3.61. The molecule has 7 rings (SSSR count). The van der Waals surface area contributed by atoms with Crippen LogP contribution >= 0.6 is 0 Å². The van der Waals surface area contributed by atoms with Gasteiger partial charge in [-0.15, -0.1) is 0 Å². The number of aryl methyl sites for hydroxylation is 2. The lowest BCUT2D eigenvalue weighted by Gasteiger charge is -2.20. The molecule has 0 aliphatic heterocycles. The molecule has 0 radical (unpaired) electrons. The lowest BCUT2D eigenvalue weighted by molar-refractivity contribution is 1.47. The first kappa shape index (κ1) is 22.5. The Hall–Kier alpha value is -4.68. The van der Waals surface area contributed by atoms with E-state index >= 15 is 0 Å². The second-order valence-corrected chi connectivity index (χ2v) is 10.3. The standard InChI is InChI=1S/C38H28/c1-25-11-9-13-27(23-25)29-21-22-36(31-16-4-3-15-30(29)31)38-34-19-7-5-17-32(34)37(28-14-10-12-26(2)24-28)33-18-6-8-20-35(33)38/h3-24H,1-2H3. The van der Waals surface area contributed by atoms with Gasteiger partial charge in [-0.1, -0.05) is 145 Å². The summed E-state index contributed by atoms with van der Waals surface area (Å²) in [4.78, 5) is 0. The van der Waals surface area contributed by atoms with Crippen molar-refractivity contribution >= 4 is 32.3 Å². The largest absolute Gasteiger partial charge is 0.0616 e. The van der Waals surface area contributed by atoms with E-state index in [4.69, 9.17) is 0 Å². The molecule has 0 heteroatoms. The van der Waals surface area contributed by atoms with E-state index in [2.05, 4.69) is 147 Å². The van der Waals surface area contributed by atoms with Crippen molar-refractivity contribution in [1.29, 1.82) is 0 Å². The predicted octanol–water partition coefficient (Wildman–Crippen LogP) is 10.8. The van der Waals surface area contributed by atoms with E-state index < -0.39 is 0 Å². The number of rotatable bonds is 3. The van der Waals surface area contributed by atoms with Crippen LogP contribution in [0.5, 0.6) is 0 Å². The van der Waals surface area contributed by atoms with E-state index in [1.807, 2.05) is 0 Å². The van der Waals surface area contributed by atoms with Gasteiger partial charge in [0, 0.05) is 0 Å². The lowest BCUT2D eigenvalue weighted by atomic mass is 9.83. The minimum absolute atomic E-state index is 1.26. The smallest absolute Gasteiger partial charge is 0.00201 e. The van der Waals surface area contributed by atoms with Crippen LogP contribution < -0.4 is 0 Å². The first-order valence-electron chi connectivity index (χ1n) is 13.3. The summed E-state index contributed by atoms with van der Waals surface area (Å²) >= 11 is 0. The Morgan fingerprint density at radius 2 is 0.737 bits per heavy atom. The van der Waals surface area contributed by atoms with Gasteiger partial charge in [-0.25, -0.2) is 0 Å². The quantitative estimate of drug-likeness (QED) is 0.219. The monoisotopic (exact) mass is 484 g/mol. The average Bonchev–Trinajstić information content (AvgIpc) is 2.95. The van der Waals surface area contributed by atoms with Crippen molar-refractivity contribution in [2.24, 2.45) is 0 Å². The van der Waals surface area contributed by atoms with Crippen LogP contribution in [0.2, 0.25) is 0 Å². The number of hydrogen-bond acceptors (Lipinski definition) is 0. The van der Waals surface area contributed by atoms with Crippen LogP contribution in [0.25, 0.3) is 65.7 Å². The van der Waals surface area contributed by atoms with Gasteiger partial charge in [0.25, 0.3) is 0 Å². The summed E-state index contributed by atoms with van der Waals surface area (Å²) in [6.07, 6.45) is 0. The van der Waals surface area contributed by atoms with E-state index in [-0.39, 0.29) is 0 Å². The van der Waals surface area contributed by atoms with Gasteiger partial charge < -0.3 is 0 Å². The van der Waals surface area contributed by atoms with Gasteiger partial charge >= 0.3 is 0 Å². The molecule has 0 spiro atoms. The highest BCUT2D eigenvalue weighted by atomic mass is 14.2. The van der Waals surface area contributed by atoms with Crippen LogP contribution in [0.3, 0.4) is 0 Å². The molecule has 0 unspecified atom stereocenters. The van der Waals surface area contributed by atoms with E-state index in [9.17, 15) is 0 Å². The zero-order chi connectivity index (χ0) is 25.6. The van der Waals surface area contributed by atoms with Crippen molar-refractivity contribution in [3.8, 4) is 33.4 Å². The highest BCUT2D eigenvalue weighted by Gasteiger charge is 2.18. The molecule has 0 bridgehead atoms. The summed E-state index contributed by atoms with van der Waals surface area (Å²) in [6.45, 7) is 4.33. The minimum atomic E-state index is 1.26. The lowest BCUT2D eigenvalue weighted by Crippen LogP contribution is -1.92. The normalized spacial score (nSPS) is 11.4. The van der Waals surface area contributed by atoms with Crippen molar-refractivity contribution < 1.29 is 0 Å². The molecule has 0 N–H and O–H groups in total. The summed E-state index contributed by atoms with van der Waals surface area (Å²) < 4.78 is 0. The van der Waals surface area contributed by atoms with Crippen molar-refractivity contribution in [2.45, 2.75) is 13.8 Å². The molecule has 0 aliphatic carbocycles. The highest BCUT2D eigenvalue weighted by Crippen LogP contribution is 2.46. The number of fused-ring (bicyclic) bond motifs is 3. The zero-order valence-electron chi connectivity index (χ0n) is 21.7. The van der Waals surface area contributed by atoms with Crippen molar-refractivity contribution in [2.75, 3.05) is 0 Å². The van der Waals surface area contributed by atoms with Crippen LogP contribution in [-0.4, -0.2) is 0 Å². The average molecular weight is 485 g/mol. The molecule has 0 aromatic heterocycles. The summed E-state index contributed by atoms with van der Waals surface area (Å²) in [5, 5.41) is 7.72. The Balaban J connectivity index is 1.61. The molecule has 0 aliphatic rings. The van der Waals surface area contributed by atoms with Crippen LogP contribution in [-0.2, 0) is 0 Å². The second kappa shape index (κ2) is 9.01. The molecular weight excluding hydrogens is 456 g/mol. The first-order chi connectivity index (χ1) is 18.7. The van der Waals surface area contributed by atoms with Gasteiger partial charge in [-0.3, -0.25) is 0 Å². The molecule has 0 fully saturated rings. The van der Waals surface area contributed by atoms with Crippen LogP contribution in [0, 0.1) is 13.8 Å². The Bertz CT molecular complexity index is 1930. The van der Waals surface area contributed by atoms with Crippen LogP contribution in [0.1, 0.15) is 11.1 Å². The van der Waals surface area contributed by atoms with Gasteiger partial charge in [-0.05, 0) is 79.5 Å². The van der Waals surface area contributed by atoms with E-state index in [1.54, 1.807) is 0 Å². The number of hydrogen-bond donors (Lipinski definition) is 0. The molecule has 0 heterocycles. The van der Waals surface area contributed by atoms with Gasteiger partial charge in [-0.2, -0.15) is 0 Å². The van der Waals surface area contributed by atoms with Gasteiger partial charge in [0.2, 0.25) is 0 Å².